The Bertz CT molecular complexity index is 1010. The third-order valence-corrected chi connectivity index (χ3v) is 4.91. The minimum atomic E-state index is -0.516. The first-order valence-corrected chi connectivity index (χ1v) is 9.46. The van der Waals surface area contributed by atoms with Gasteiger partial charge < -0.3 is 4.74 Å². The SMILES string of the molecule is COC(=O)c1nc(NC(=O)c2cc(CC(C)C)nc3ccccc23)sc1C. The van der Waals surface area contributed by atoms with Crippen molar-refractivity contribution in [3.8, 4) is 0 Å². The van der Waals surface area contributed by atoms with Crippen molar-refractivity contribution in [1.82, 2.24) is 9.97 Å². The Kier molecular flexibility index (Phi) is 5.51. The first-order chi connectivity index (χ1) is 12.9. The highest BCUT2D eigenvalue weighted by Crippen LogP contribution is 2.25. The van der Waals surface area contributed by atoms with Crippen molar-refractivity contribution in [2.75, 3.05) is 12.4 Å². The van der Waals surface area contributed by atoms with Crippen LogP contribution in [0.2, 0.25) is 0 Å². The number of benzene rings is 1. The molecule has 1 amide bonds. The largest absolute Gasteiger partial charge is 0.464 e. The van der Waals surface area contributed by atoms with Crippen LogP contribution in [-0.2, 0) is 11.2 Å². The van der Waals surface area contributed by atoms with Crippen LogP contribution in [0.15, 0.2) is 30.3 Å². The number of hydrogen-bond donors (Lipinski definition) is 1. The molecule has 6 nitrogen and oxygen atoms in total. The van der Waals surface area contributed by atoms with Gasteiger partial charge in [-0.3, -0.25) is 15.1 Å². The van der Waals surface area contributed by atoms with Gasteiger partial charge in [-0.1, -0.05) is 32.0 Å². The molecule has 7 heteroatoms. The molecule has 2 heterocycles. The topological polar surface area (TPSA) is 81.2 Å². The van der Waals surface area contributed by atoms with Crippen molar-refractivity contribution in [3.05, 3.63) is 52.2 Å². The number of carbonyl (C=O) groups is 2. The van der Waals surface area contributed by atoms with Crippen molar-refractivity contribution in [2.24, 2.45) is 5.92 Å². The summed E-state index contributed by atoms with van der Waals surface area (Å²) in [6.07, 6.45) is 0.786. The Morgan fingerprint density at radius 1 is 1.22 bits per heavy atom. The molecule has 0 unspecified atom stereocenters. The van der Waals surface area contributed by atoms with E-state index in [0.29, 0.717) is 21.5 Å². The van der Waals surface area contributed by atoms with E-state index in [1.54, 1.807) is 6.92 Å². The first kappa shape index (κ1) is 19.0. The summed E-state index contributed by atoms with van der Waals surface area (Å²) in [5.74, 6) is -0.361. The molecule has 0 radical (unpaired) electrons. The second-order valence-electron chi connectivity index (χ2n) is 6.65. The number of esters is 1. The molecule has 0 bridgehead atoms. The molecule has 0 aliphatic rings. The molecule has 0 spiro atoms. The summed E-state index contributed by atoms with van der Waals surface area (Å²) in [5.41, 5.74) is 2.42. The van der Waals surface area contributed by atoms with Crippen molar-refractivity contribution < 1.29 is 14.3 Å². The lowest BCUT2D eigenvalue weighted by Gasteiger charge is -2.10. The number of ether oxygens (including phenoxy) is 1. The number of pyridine rings is 1. The Morgan fingerprint density at radius 3 is 2.67 bits per heavy atom. The normalized spacial score (nSPS) is 11.0. The minimum absolute atomic E-state index is 0.220. The zero-order valence-corrected chi connectivity index (χ0v) is 16.5. The molecule has 27 heavy (non-hydrogen) atoms. The fourth-order valence-electron chi connectivity index (χ4n) is 2.84. The molecule has 3 rings (SSSR count). The van der Waals surface area contributed by atoms with Gasteiger partial charge in [-0.15, -0.1) is 11.3 Å². The quantitative estimate of drug-likeness (QED) is 0.667. The molecule has 0 saturated carbocycles. The van der Waals surface area contributed by atoms with Gasteiger partial charge in [-0.05, 0) is 31.4 Å². The average Bonchev–Trinajstić information content (AvgIpc) is 2.99. The van der Waals surface area contributed by atoms with E-state index in [1.165, 1.54) is 18.4 Å². The predicted molar refractivity (Wildman–Crippen MR) is 106 cm³/mol. The summed E-state index contributed by atoms with van der Waals surface area (Å²) in [5, 5.41) is 3.95. The second kappa shape index (κ2) is 7.84. The summed E-state index contributed by atoms with van der Waals surface area (Å²) in [6, 6.07) is 9.40. The molecule has 0 aliphatic carbocycles. The summed E-state index contributed by atoms with van der Waals surface area (Å²) in [6.45, 7) is 5.99. The fraction of sp³-hybridized carbons (Fsp3) is 0.300. The molecule has 0 atom stereocenters. The van der Waals surface area contributed by atoms with Crippen LogP contribution in [0.25, 0.3) is 10.9 Å². The van der Waals surface area contributed by atoms with Crippen LogP contribution in [0, 0.1) is 12.8 Å². The van der Waals surface area contributed by atoms with Gasteiger partial charge in [-0.2, -0.15) is 0 Å². The number of aryl methyl sites for hydroxylation is 1. The van der Waals surface area contributed by atoms with Crippen LogP contribution in [0.3, 0.4) is 0 Å². The van der Waals surface area contributed by atoms with Crippen LogP contribution in [0.4, 0.5) is 5.13 Å². The maximum atomic E-state index is 12.9. The zero-order valence-electron chi connectivity index (χ0n) is 15.7. The fourth-order valence-corrected chi connectivity index (χ4v) is 3.64. The second-order valence-corrected chi connectivity index (χ2v) is 7.85. The minimum Gasteiger partial charge on any atom is -0.464 e. The van der Waals surface area contributed by atoms with Gasteiger partial charge >= 0.3 is 5.97 Å². The van der Waals surface area contributed by atoms with E-state index >= 15 is 0 Å². The van der Waals surface area contributed by atoms with E-state index in [1.807, 2.05) is 30.3 Å². The zero-order chi connectivity index (χ0) is 19.6. The van der Waals surface area contributed by atoms with E-state index in [2.05, 4.69) is 29.1 Å². The third-order valence-electron chi connectivity index (χ3n) is 4.03. The van der Waals surface area contributed by atoms with Gasteiger partial charge in [-0.25, -0.2) is 9.78 Å². The summed E-state index contributed by atoms with van der Waals surface area (Å²) in [4.78, 5) is 34.2. The molecule has 2 aromatic heterocycles. The molecule has 0 fully saturated rings. The Hall–Kier alpha value is -2.80. The molecule has 1 aromatic carbocycles. The lowest BCUT2D eigenvalue weighted by molar-refractivity contribution is 0.0594. The maximum absolute atomic E-state index is 12.9. The highest BCUT2D eigenvalue weighted by atomic mass is 32.1. The monoisotopic (exact) mass is 383 g/mol. The number of methoxy groups -OCH3 is 1. The molecule has 140 valence electrons. The lowest BCUT2D eigenvalue weighted by Crippen LogP contribution is -2.14. The number of nitrogens with zero attached hydrogens (tertiary/aromatic N) is 2. The first-order valence-electron chi connectivity index (χ1n) is 8.64. The van der Waals surface area contributed by atoms with Crippen molar-refractivity contribution in [2.45, 2.75) is 27.2 Å². The Labute approximate surface area is 161 Å². The Balaban J connectivity index is 1.96. The number of thiazole rings is 1. The van der Waals surface area contributed by atoms with E-state index in [-0.39, 0.29) is 11.6 Å². The van der Waals surface area contributed by atoms with Crippen molar-refractivity contribution in [1.29, 1.82) is 0 Å². The van der Waals surface area contributed by atoms with Gasteiger partial charge in [0.15, 0.2) is 10.8 Å². The Morgan fingerprint density at radius 2 is 1.96 bits per heavy atom. The van der Waals surface area contributed by atoms with Gasteiger partial charge in [0.25, 0.3) is 5.91 Å². The van der Waals surface area contributed by atoms with E-state index < -0.39 is 5.97 Å². The van der Waals surface area contributed by atoms with Crippen molar-refractivity contribution >= 4 is 39.2 Å². The molecule has 1 N–H and O–H groups in total. The van der Waals surface area contributed by atoms with E-state index in [0.717, 1.165) is 23.0 Å². The molecule has 0 aliphatic heterocycles. The van der Waals surface area contributed by atoms with E-state index in [9.17, 15) is 9.59 Å². The molecule has 3 aromatic rings. The van der Waals surface area contributed by atoms with E-state index in [4.69, 9.17) is 4.74 Å². The van der Waals surface area contributed by atoms with Crippen LogP contribution < -0.4 is 5.32 Å². The van der Waals surface area contributed by atoms with Crippen LogP contribution >= 0.6 is 11.3 Å². The summed E-state index contributed by atoms with van der Waals surface area (Å²) in [7, 11) is 1.30. The van der Waals surface area contributed by atoms with Crippen LogP contribution in [-0.4, -0.2) is 29.0 Å². The van der Waals surface area contributed by atoms with Gasteiger partial charge in [0.05, 0.1) is 18.2 Å². The number of fused-ring (bicyclic) bond motifs is 1. The standard InChI is InChI=1S/C20H21N3O3S/c1-11(2)9-13-10-15(14-7-5-6-8-16(14)21-13)18(24)23-20-22-17(12(3)27-20)19(25)26-4/h5-8,10-11H,9H2,1-4H3,(H,22,23,24). The molecular formula is C20H21N3O3S. The number of aromatic nitrogens is 2. The van der Waals surface area contributed by atoms with Gasteiger partial charge in [0, 0.05) is 16.0 Å². The third kappa shape index (κ3) is 4.14. The average molecular weight is 383 g/mol. The number of amides is 1. The summed E-state index contributed by atoms with van der Waals surface area (Å²) >= 11 is 1.24. The lowest BCUT2D eigenvalue weighted by atomic mass is 10.0. The predicted octanol–water partition coefficient (Wildman–Crippen LogP) is 4.24. The number of rotatable bonds is 5. The molecule has 0 saturated heterocycles. The van der Waals surface area contributed by atoms with Crippen LogP contribution in [0.1, 0.15) is 45.3 Å². The van der Waals surface area contributed by atoms with Gasteiger partial charge in [0.2, 0.25) is 0 Å². The maximum Gasteiger partial charge on any atom is 0.357 e. The molecular weight excluding hydrogens is 362 g/mol. The number of nitrogens with one attached hydrogen (secondary N) is 1. The highest BCUT2D eigenvalue weighted by molar-refractivity contribution is 7.16. The van der Waals surface area contributed by atoms with Gasteiger partial charge in [0.1, 0.15) is 0 Å². The number of para-hydroxylation sites is 1. The highest BCUT2D eigenvalue weighted by Gasteiger charge is 2.19. The smallest absolute Gasteiger partial charge is 0.357 e. The summed E-state index contributed by atoms with van der Waals surface area (Å²) < 4.78 is 4.71. The van der Waals surface area contributed by atoms with Crippen molar-refractivity contribution in [3.63, 3.8) is 0 Å². The number of carbonyl (C=O) groups excluding carboxylic acids is 2. The number of anilines is 1. The van der Waals surface area contributed by atoms with Crippen LogP contribution in [0.5, 0.6) is 0 Å². The number of hydrogen-bond acceptors (Lipinski definition) is 6.